The molecule has 2 heteroatoms. The van der Waals surface area contributed by atoms with Gasteiger partial charge in [-0.3, -0.25) is 0 Å². The first-order chi connectivity index (χ1) is 5.70. The molecule has 0 saturated carbocycles. The van der Waals surface area contributed by atoms with Crippen LogP contribution in [0.25, 0.3) is 0 Å². The van der Waals surface area contributed by atoms with Crippen molar-refractivity contribution in [3.8, 4) is 0 Å². The normalized spacial score (nSPS) is 16.0. The van der Waals surface area contributed by atoms with Crippen molar-refractivity contribution in [3.63, 3.8) is 0 Å². The molecule has 0 aromatic heterocycles. The van der Waals surface area contributed by atoms with E-state index in [-0.39, 0.29) is 12.1 Å². The fraction of sp³-hybridized carbons (Fsp3) is 0.900. The van der Waals surface area contributed by atoms with Crippen molar-refractivity contribution in [2.24, 2.45) is 11.5 Å². The van der Waals surface area contributed by atoms with E-state index in [1.165, 1.54) is 19.3 Å². The molecule has 0 aromatic carbocycles. The molecule has 0 amide bonds. The summed E-state index contributed by atoms with van der Waals surface area (Å²) in [6, 6.07) is 0.481. The molecule has 0 spiro atoms. The van der Waals surface area contributed by atoms with E-state index in [1.807, 2.05) is 0 Å². The van der Waals surface area contributed by atoms with Crippen LogP contribution in [-0.2, 0) is 0 Å². The molecular formula is C10H23N2. The Kier molecular flexibility index (Phi) is 7.51. The van der Waals surface area contributed by atoms with Crippen LogP contribution in [0.15, 0.2) is 0 Å². The van der Waals surface area contributed by atoms with Gasteiger partial charge in [-0.2, -0.15) is 0 Å². The Labute approximate surface area is 76.7 Å². The van der Waals surface area contributed by atoms with Gasteiger partial charge in [0, 0.05) is 12.1 Å². The van der Waals surface area contributed by atoms with Gasteiger partial charge in [-0.25, -0.2) is 0 Å². The van der Waals surface area contributed by atoms with Gasteiger partial charge in [0.1, 0.15) is 0 Å². The first-order valence-corrected chi connectivity index (χ1v) is 5.01. The summed E-state index contributed by atoms with van der Waals surface area (Å²) in [5.41, 5.74) is 11.6. The first kappa shape index (κ1) is 11.9. The second-order valence-electron chi connectivity index (χ2n) is 3.54. The molecule has 0 bridgehead atoms. The minimum atomic E-state index is 0.196. The van der Waals surface area contributed by atoms with E-state index < -0.39 is 0 Å². The summed E-state index contributed by atoms with van der Waals surface area (Å²) in [5.74, 6) is 0. The Bertz CT molecular complexity index is 93.8. The molecular weight excluding hydrogens is 148 g/mol. The fourth-order valence-corrected chi connectivity index (χ4v) is 1.28. The van der Waals surface area contributed by atoms with Gasteiger partial charge in [0.05, 0.1) is 0 Å². The Morgan fingerprint density at radius 3 is 2.33 bits per heavy atom. The SMILES string of the molecule is [CH2]CC(N)CC(N)CCCCC. The average molecular weight is 171 g/mol. The summed E-state index contributed by atoms with van der Waals surface area (Å²) in [5, 5.41) is 0. The lowest BCUT2D eigenvalue weighted by Gasteiger charge is -2.15. The molecule has 2 atom stereocenters. The Balaban J connectivity index is 3.26. The van der Waals surface area contributed by atoms with E-state index in [0.717, 1.165) is 19.3 Å². The smallest absolute Gasteiger partial charge is 0.00535 e. The minimum Gasteiger partial charge on any atom is -0.328 e. The highest BCUT2D eigenvalue weighted by Crippen LogP contribution is 2.06. The van der Waals surface area contributed by atoms with Crippen molar-refractivity contribution < 1.29 is 0 Å². The second kappa shape index (κ2) is 7.56. The zero-order valence-electron chi connectivity index (χ0n) is 8.26. The van der Waals surface area contributed by atoms with E-state index in [2.05, 4.69) is 13.8 Å². The molecule has 1 radical (unpaired) electrons. The zero-order valence-corrected chi connectivity index (χ0v) is 8.26. The fourth-order valence-electron chi connectivity index (χ4n) is 1.28. The topological polar surface area (TPSA) is 52.0 Å². The molecule has 2 unspecified atom stereocenters. The second-order valence-corrected chi connectivity index (χ2v) is 3.54. The number of hydrogen-bond acceptors (Lipinski definition) is 2. The Morgan fingerprint density at radius 1 is 1.17 bits per heavy atom. The largest absolute Gasteiger partial charge is 0.328 e. The molecule has 4 N–H and O–H groups in total. The number of hydrogen-bond donors (Lipinski definition) is 2. The zero-order chi connectivity index (χ0) is 9.40. The Hall–Kier alpha value is -0.0800. The molecule has 73 valence electrons. The summed E-state index contributed by atoms with van der Waals surface area (Å²) < 4.78 is 0. The highest BCUT2D eigenvalue weighted by molar-refractivity contribution is 4.71. The maximum absolute atomic E-state index is 5.88. The van der Waals surface area contributed by atoms with Crippen LogP contribution in [-0.4, -0.2) is 12.1 Å². The number of rotatable bonds is 7. The maximum Gasteiger partial charge on any atom is 0.00535 e. The van der Waals surface area contributed by atoms with Crippen LogP contribution >= 0.6 is 0 Å². The standard InChI is InChI=1S/C10H23N2/c1-3-5-6-7-10(12)8-9(11)4-2/h9-10H,2-8,11-12H2,1H3. The monoisotopic (exact) mass is 171 g/mol. The third-order valence-corrected chi connectivity index (χ3v) is 2.15. The minimum absolute atomic E-state index is 0.196. The van der Waals surface area contributed by atoms with E-state index in [0.29, 0.717) is 0 Å². The first-order valence-electron chi connectivity index (χ1n) is 5.01. The molecule has 0 fully saturated rings. The molecule has 0 aliphatic rings. The van der Waals surface area contributed by atoms with Gasteiger partial charge < -0.3 is 11.5 Å². The van der Waals surface area contributed by atoms with Crippen molar-refractivity contribution in [1.29, 1.82) is 0 Å². The lowest BCUT2D eigenvalue weighted by atomic mass is 10.0. The van der Waals surface area contributed by atoms with Crippen molar-refractivity contribution in [1.82, 2.24) is 0 Å². The van der Waals surface area contributed by atoms with Crippen LogP contribution < -0.4 is 11.5 Å². The van der Waals surface area contributed by atoms with Crippen LogP contribution in [0.3, 0.4) is 0 Å². The highest BCUT2D eigenvalue weighted by Gasteiger charge is 2.06. The summed E-state index contributed by atoms with van der Waals surface area (Å²) in [4.78, 5) is 0. The summed E-state index contributed by atoms with van der Waals surface area (Å²) in [6.07, 6.45) is 6.61. The summed E-state index contributed by atoms with van der Waals surface area (Å²) in [7, 11) is 0. The van der Waals surface area contributed by atoms with Crippen LogP contribution in [0.5, 0.6) is 0 Å². The van der Waals surface area contributed by atoms with Crippen molar-refractivity contribution in [2.75, 3.05) is 0 Å². The van der Waals surface area contributed by atoms with Crippen LogP contribution in [0.2, 0.25) is 0 Å². The lowest BCUT2D eigenvalue weighted by Crippen LogP contribution is -2.30. The molecule has 12 heavy (non-hydrogen) atoms. The van der Waals surface area contributed by atoms with Gasteiger partial charge in [0.2, 0.25) is 0 Å². The summed E-state index contributed by atoms with van der Waals surface area (Å²) >= 11 is 0. The molecule has 0 aliphatic heterocycles. The van der Waals surface area contributed by atoms with Crippen molar-refractivity contribution >= 4 is 0 Å². The van der Waals surface area contributed by atoms with E-state index in [9.17, 15) is 0 Å². The van der Waals surface area contributed by atoms with E-state index in [1.54, 1.807) is 0 Å². The molecule has 0 heterocycles. The molecule has 2 nitrogen and oxygen atoms in total. The molecule has 0 aliphatic carbocycles. The molecule has 0 saturated heterocycles. The van der Waals surface area contributed by atoms with E-state index >= 15 is 0 Å². The third kappa shape index (κ3) is 6.62. The van der Waals surface area contributed by atoms with E-state index in [4.69, 9.17) is 11.5 Å². The lowest BCUT2D eigenvalue weighted by molar-refractivity contribution is 0.478. The van der Waals surface area contributed by atoms with Crippen molar-refractivity contribution in [2.45, 2.75) is 57.5 Å². The van der Waals surface area contributed by atoms with Crippen LogP contribution in [0.1, 0.15) is 45.4 Å². The van der Waals surface area contributed by atoms with Gasteiger partial charge >= 0.3 is 0 Å². The predicted octanol–water partition coefficient (Wildman–Crippen LogP) is 1.84. The van der Waals surface area contributed by atoms with Crippen LogP contribution in [0.4, 0.5) is 0 Å². The highest BCUT2D eigenvalue weighted by atomic mass is 14.7. The summed E-state index contributed by atoms with van der Waals surface area (Å²) in [6.45, 7) is 5.96. The Morgan fingerprint density at radius 2 is 1.83 bits per heavy atom. The van der Waals surface area contributed by atoms with Crippen molar-refractivity contribution in [3.05, 3.63) is 6.92 Å². The van der Waals surface area contributed by atoms with Gasteiger partial charge in [-0.15, -0.1) is 0 Å². The van der Waals surface area contributed by atoms with Gasteiger partial charge in [0.25, 0.3) is 0 Å². The number of unbranched alkanes of at least 4 members (excludes halogenated alkanes) is 2. The number of nitrogens with two attached hydrogens (primary N) is 2. The van der Waals surface area contributed by atoms with Crippen LogP contribution in [0, 0.1) is 6.92 Å². The predicted molar refractivity (Wildman–Crippen MR) is 54.7 cm³/mol. The molecule has 0 aromatic rings. The average Bonchev–Trinajstić information content (AvgIpc) is 2.05. The van der Waals surface area contributed by atoms with Gasteiger partial charge in [-0.05, 0) is 19.3 Å². The van der Waals surface area contributed by atoms with Gasteiger partial charge in [0.15, 0.2) is 0 Å². The molecule has 0 rings (SSSR count). The maximum atomic E-state index is 5.88. The quantitative estimate of drug-likeness (QED) is 0.574. The van der Waals surface area contributed by atoms with Gasteiger partial charge in [-0.1, -0.05) is 33.1 Å². The third-order valence-electron chi connectivity index (χ3n) is 2.15.